The first-order valence-corrected chi connectivity index (χ1v) is 12.0. The van der Waals surface area contributed by atoms with Gasteiger partial charge in [0.1, 0.15) is 16.4 Å². The molecule has 0 fully saturated rings. The molecule has 0 saturated heterocycles. The summed E-state index contributed by atoms with van der Waals surface area (Å²) in [4.78, 5) is 40.9. The van der Waals surface area contributed by atoms with Crippen LogP contribution in [-0.2, 0) is 14.3 Å². The Kier molecular flexibility index (Phi) is 7.43. The van der Waals surface area contributed by atoms with Gasteiger partial charge in [0.25, 0.3) is 11.8 Å². The zero-order valence-electron chi connectivity index (χ0n) is 18.7. The highest BCUT2D eigenvalue weighted by atomic mass is 35.5. The Morgan fingerprint density at radius 1 is 1.00 bits per heavy atom. The van der Waals surface area contributed by atoms with Gasteiger partial charge in [-0.3, -0.25) is 9.59 Å². The third kappa shape index (κ3) is 5.34. The van der Waals surface area contributed by atoms with Crippen LogP contribution in [0.25, 0.3) is 0 Å². The van der Waals surface area contributed by atoms with Crippen LogP contribution in [0.2, 0.25) is 5.02 Å². The maximum atomic E-state index is 13.4. The molecule has 9 heteroatoms. The smallest absolute Gasteiger partial charge is 0.338 e. The number of esters is 1. The number of anilines is 2. The molecule has 2 amide bonds. The number of thioether (sulfide) groups is 1. The average Bonchev–Trinajstić information content (AvgIpc) is 3.09. The van der Waals surface area contributed by atoms with E-state index in [1.54, 1.807) is 42.5 Å². The number of rotatable bonds is 8. The van der Waals surface area contributed by atoms with E-state index >= 15 is 0 Å². The number of hydrogen-bond acceptors (Lipinski definition) is 7. The number of aromatic hydroxyl groups is 1. The summed E-state index contributed by atoms with van der Waals surface area (Å²) in [5, 5.41) is 13.7. The molecule has 7 nitrogen and oxygen atoms in total. The summed E-state index contributed by atoms with van der Waals surface area (Å²) in [6, 6.07) is 19.4. The van der Waals surface area contributed by atoms with E-state index in [2.05, 4.69) is 5.32 Å². The summed E-state index contributed by atoms with van der Waals surface area (Å²) in [5.41, 5.74) is 0.935. The Morgan fingerprint density at radius 2 is 1.69 bits per heavy atom. The Labute approximate surface area is 211 Å². The topological polar surface area (TPSA) is 95.9 Å². The molecule has 0 spiro atoms. The molecule has 2 N–H and O–H groups in total. The minimum atomic E-state index is -0.587. The lowest BCUT2D eigenvalue weighted by Gasteiger charge is -2.16. The van der Waals surface area contributed by atoms with Crippen LogP contribution in [0.15, 0.2) is 88.3 Å². The van der Waals surface area contributed by atoms with Crippen LogP contribution in [0.5, 0.6) is 5.75 Å². The Hall–Kier alpha value is -3.75. The van der Waals surface area contributed by atoms with E-state index in [0.717, 1.165) is 16.7 Å². The normalized spacial score (nSPS) is 13.4. The second kappa shape index (κ2) is 10.7. The predicted octanol–water partition coefficient (Wildman–Crippen LogP) is 5.60. The van der Waals surface area contributed by atoms with Crippen LogP contribution in [0.1, 0.15) is 23.7 Å². The second-order valence-corrected chi connectivity index (χ2v) is 9.05. The summed E-state index contributed by atoms with van der Waals surface area (Å²) in [5.74, 6) is -1.66. The van der Waals surface area contributed by atoms with E-state index in [4.69, 9.17) is 16.3 Å². The third-order valence-corrected chi connectivity index (χ3v) is 6.38. The number of ether oxygens (including phenoxy) is 1. The maximum Gasteiger partial charge on any atom is 0.338 e. The summed E-state index contributed by atoms with van der Waals surface area (Å²) in [6.45, 7) is 2.20. The first-order chi connectivity index (χ1) is 16.9. The number of carbonyl (C=O) groups is 3. The molecule has 3 aromatic carbocycles. The van der Waals surface area contributed by atoms with E-state index in [-0.39, 0.29) is 22.0 Å². The van der Waals surface area contributed by atoms with Crippen molar-refractivity contribution in [3.8, 4) is 5.75 Å². The molecule has 0 saturated carbocycles. The molecule has 4 rings (SSSR count). The molecule has 0 aromatic heterocycles. The number of phenols is 1. The molecular weight excluding hydrogens is 488 g/mol. The molecule has 0 atom stereocenters. The van der Waals surface area contributed by atoms with E-state index in [9.17, 15) is 19.5 Å². The first-order valence-electron chi connectivity index (χ1n) is 10.8. The van der Waals surface area contributed by atoms with Crippen LogP contribution in [0.3, 0.4) is 0 Å². The molecule has 1 aliphatic heterocycles. The van der Waals surface area contributed by atoms with Crippen molar-refractivity contribution in [3.05, 3.63) is 94.0 Å². The van der Waals surface area contributed by atoms with Gasteiger partial charge in [0.2, 0.25) is 0 Å². The lowest BCUT2D eigenvalue weighted by atomic mass is 10.2. The van der Waals surface area contributed by atoms with Crippen LogP contribution < -0.4 is 10.2 Å². The van der Waals surface area contributed by atoms with Crippen molar-refractivity contribution in [2.24, 2.45) is 0 Å². The van der Waals surface area contributed by atoms with Gasteiger partial charge in [-0.25, -0.2) is 9.69 Å². The molecule has 0 aliphatic carbocycles. The number of amides is 2. The van der Waals surface area contributed by atoms with Crippen LogP contribution in [0, 0.1) is 0 Å². The fourth-order valence-corrected chi connectivity index (χ4v) is 4.36. The van der Waals surface area contributed by atoms with Crippen LogP contribution >= 0.6 is 23.4 Å². The van der Waals surface area contributed by atoms with E-state index in [0.29, 0.717) is 34.2 Å². The SMILES string of the molecule is CCCOC(=O)c1ccc(N2C(=O)C(Nc3ccccc3O)=C(Sc3ccc(Cl)cc3)C2=O)cc1. The van der Waals surface area contributed by atoms with Crippen molar-refractivity contribution < 1.29 is 24.2 Å². The van der Waals surface area contributed by atoms with Gasteiger partial charge < -0.3 is 15.2 Å². The summed E-state index contributed by atoms with van der Waals surface area (Å²) >= 11 is 7.09. The number of para-hydroxylation sites is 2. The van der Waals surface area contributed by atoms with Crippen molar-refractivity contribution in [1.82, 2.24) is 0 Å². The van der Waals surface area contributed by atoms with Gasteiger partial charge in [-0.1, -0.05) is 42.4 Å². The largest absolute Gasteiger partial charge is 0.506 e. The molecule has 35 heavy (non-hydrogen) atoms. The van der Waals surface area contributed by atoms with Gasteiger partial charge in [-0.05, 0) is 67.1 Å². The highest BCUT2D eigenvalue weighted by Crippen LogP contribution is 2.39. The average molecular weight is 509 g/mol. The Morgan fingerprint density at radius 3 is 2.34 bits per heavy atom. The van der Waals surface area contributed by atoms with E-state index in [1.807, 2.05) is 6.92 Å². The number of nitrogens with one attached hydrogen (secondary N) is 1. The lowest BCUT2D eigenvalue weighted by molar-refractivity contribution is -0.120. The van der Waals surface area contributed by atoms with Crippen LogP contribution in [-0.4, -0.2) is 29.5 Å². The van der Waals surface area contributed by atoms with Gasteiger partial charge in [-0.15, -0.1) is 0 Å². The van der Waals surface area contributed by atoms with Gasteiger partial charge in [-0.2, -0.15) is 0 Å². The summed E-state index contributed by atoms with van der Waals surface area (Å²) in [7, 11) is 0. The molecule has 1 heterocycles. The quantitative estimate of drug-likeness (QED) is 0.232. The highest BCUT2D eigenvalue weighted by Gasteiger charge is 2.40. The monoisotopic (exact) mass is 508 g/mol. The number of imide groups is 1. The van der Waals surface area contributed by atoms with Gasteiger partial charge in [0.15, 0.2) is 0 Å². The van der Waals surface area contributed by atoms with E-state index < -0.39 is 17.8 Å². The predicted molar refractivity (Wildman–Crippen MR) is 136 cm³/mol. The maximum absolute atomic E-state index is 13.4. The molecule has 0 bridgehead atoms. The van der Waals surface area contributed by atoms with Crippen LogP contribution in [0.4, 0.5) is 11.4 Å². The highest BCUT2D eigenvalue weighted by molar-refractivity contribution is 8.04. The minimum Gasteiger partial charge on any atom is -0.506 e. The second-order valence-electron chi connectivity index (χ2n) is 7.53. The number of halogens is 1. The third-order valence-electron chi connectivity index (χ3n) is 5.04. The minimum absolute atomic E-state index is 0.0304. The standard InChI is InChI=1S/C26H21ClN2O5S/c1-2-15-34-26(33)16-7-11-18(12-8-16)29-24(31)22(28-20-5-3-4-6-21(20)30)23(25(29)32)35-19-13-9-17(27)10-14-19/h3-14,28,30H,2,15H2,1H3. The van der Waals surface area contributed by atoms with Crippen molar-refractivity contribution in [2.45, 2.75) is 18.2 Å². The van der Waals surface area contributed by atoms with Crippen molar-refractivity contribution in [2.75, 3.05) is 16.8 Å². The molecule has 3 aromatic rings. The lowest BCUT2D eigenvalue weighted by Crippen LogP contribution is -2.32. The number of phenolic OH excluding ortho intramolecular Hbond substituents is 1. The van der Waals surface area contributed by atoms with Gasteiger partial charge >= 0.3 is 5.97 Å². The Balaban J connectivity index is 1.67. The van der Waals surface area contributed by atoms with E-state index in [1.165, 1.54) is 30.3 Å². The number of nitrogens with zero attached hydrogens (tertiary/aromatic N) is 1. The Bertz CT molecular complexity index is 1310. The molecule has 1 aliphatic rings. The fraction of sp³-hybridized carbons (Fsp3) is 0.115. The zero-order valence-corrected chi connectivity index (χ0v) is 20.2. The van der Waals surface area contributed by atoms with Crippen molar-refractivity contribution in [1.29, 1.82) is 0 Å². The number of benzene rings is 3. The summed E-state index contributed by atoms with van der Waals surface area (Å²) in [6.07, 6.45) is 0.701. The summed E-state index contributed by atoms with van der Waals surface area (Å²) < 4.78 is 5.13. The zero-order chi connectivity index (χ0) is 24.9. The van der Waals surface area contributed by atoms with Crippen molar-refractivity contribution >= 4 is 52.5 Å². The van der Waals surface area contributed by atoms with Gasteiger partial charge in [0.05, 0.1) is 23.5 Å². The van der Waals surface area contributed by atoms with Gasteiger partial charge in [0, 0.05) is 9.92 Å². The number of hydrogen-bond donors (Lipinski definition) is 2. The van der Waals surface area contributed by atoms with Crippen molar-refractivity contribution in [3.63, 3.8) is 0 Å². The molecule has 0 radical (unpaired) electrons. The number of carbonyl (C=O) groups excluding carboxylic acids is 3. The fourth-order valence-electron chi connectivity index (χ4n) is 3.31. The first kappa shape index (κ1) is 24.4. The molecule has 178 valence electrons. The molecule has 0 unspecified atom stereocenters. The molecular formula is C26H21ClN2O5S.